The molecule has 1 aliphatic heterocycles. The first-order chi connectivity index (χ1) is 9.15. The van der Waals surface area contributed by atoms with E-state index in [-0.39, 0.29) is 12.5 Å². The Kier molecular flexibility index (Phi) is 2.98. The van der Waals surface area contributed by atoms with Crippen LogP contribution in [0.4, 0.5) is 17.2 Å². The van der Waals surface area contributed by atoms with Crippen molar-refractivity contribution in [3.63, 3.8) is 0 Å². The number of nitrogens with zero attached hydrogens (tertiary/aromatic N) is 2. The number of nitrogens with one attached hydrogen (secondary N) is 1. The second kappa shape index (κ2) is 4.66. The van der Waals surface area contributed by atoms with E-state index in [9.17, 15) is 4.79 Å². The molecule has 19 heavy (non-hydrogen) atoms. The first-order valence-electron chi connectivity index (χ1n) is 5.95. The smallest absolute Gasteiger partial charge is 0.244 e. The Morgan fingerprint density at radius 1 is 1.26 bits per heavy atom. The van der Waals surface area contributed by atoms with E-state index >= 15 is 0 Å². The molecule has 3 rings (SSSR count). The highest BCUT2D eigenvalue weighted by Gasteiger charge is 2.23. The average Bonchev–Trinajstić information content (AvgIpc) is 2.41. The number of amides is 1. The molecule has 5 heteroatoms. The van der Waals surface area contributed by atoms with Gasteiger partial charge in [0.1, 0.15) is 12.4 Å². The van der Waals surface area contributed by atoms with E-state index in [2.05, 4.69) is 26.2 Å². The van der Waals surface area contributed by atoms with Gasteiger partial charge >= 0.3 is 0 Å². The van der Waals surface area contributed by atoms with E-state index in [0.29, 0.717) is 0 Å². The van der Waals surface area contributed by atoms with Gasteiger partial charge in [0, 0.05) is 4.47 Å². The molecule has 1 aromatic heterocycles. The van der Waals surface area contributed by atoms with E-state index < -0.39 is 0 Å². The molecule has 0 saturated carbocycles. The minimum atomic E-state index is -0.0268. The Labute approximate surface area is 119 Å². The number of carbonyl (C=O) groups is 1. The maximum absolute atomic E-state index is 11.8. The molecule has 0 unspecified atom stereocenters. The third-order valence-electron chi connectivity index (χ3n) is 3.05. The molecule has 1 N–H and O–H groups in total. The summed E-state index contributed by atoms with van der Waals surface area (Å²) in [5, 5.41) is 2.87. The number of para-hydroxylation sites is 2. The number of halogens is 1. The number of fused-ring (bicyclic) bond motifs is 1. The Balaban J connectivity index is 2.09. The number of benzene rings is 1. The lowest BCUT2D eigenvalue weighted by Crippen LogP contribution is -2.35. The Hall–Kier alpha value is -1.88. The molecule has 2 heterocycles. The van der Waals surface area contributed by atoms with Gasteiger partial charge < -0.3 is 10.2 Å². The molecule has 0 spiro atoms. The van der Waals surface area contributed by atoms with Crippen molar-refractivity contribution < 1.29 is 4.79 Å². The normalized spacial score (nSPS) is 14.0. The number of anilines is 3. The summed E-state index contributed by atoms with van der Waals surface area (Å²) < 4.78 is 0.964. The topological polar surface area (TPSA) is 45.2 Å². The highest BCUT2D eigenvalue weighted by Crippen LogP contribution is 2.34. The van der Waals surface area contributed by atoms with Crippen LogP contribution >= 0.6 is 15.9 Å². The third kappa shape index (κ3) is 2.21. The number of carbonyl (C=O) groups excluding carboxylic acids is 1. The van der Waals surface area contributed by atoms with Crippen LogP contribution in [0.5, 0.6) is 0 Å². The van der Waals surface area contributed by atoms with Crippen molar-refractivity contribution in [1.82, 2.24) is 4.98 Å². The second-order valence-electron chi connectivity index (χ2n) is 4.39. The third-order valence-corrected chi connectivity index (χ3v) is 3.89. The predicted molar refractivity (Wildman–Crippen MR) is 78.8 cm³/mol. The van der Waals surface area contributed by atoms with Crippen molar-refractivity contribution in [1.29, 1.82) is 0 Å². The molecule has 1 amide bonds. The SMILES string of the molecule is Cc1nc(N2CC(=O)Nc3ccccc32)ccc1Br. The van der Waals surface area contributed by atoms with Crippen LogP contribution in [0.1, 0.15) is 5.69 Å². The lowest BCUT2D eigenvalue weighted by molar-refractivity contribution is -0.115. The fourth-order valence-corrected chi connectivity index (χ4v) is 2.34. The first kappa shape index (κ1) is 12.2. The lowest BCUT2D eigenvalue weighted by atomic mass is 10.2. The van der Waals surface area contributed by atoms with Crippen molar-refractivity contribution in [2.24, 2.45) is 0 Å². The summed E-state index contributed by atoms with van der Waals surface area (Å²) in [7, 11) is 0. The fraction of sp³-hybridized carbons (Fsp3) is 0.143. The number of hydrogen-bond acceptors (Lipinski definition) is 3. The van der Waals surface area contributed by atoms with Crippen molar-refractivity contribution in [2.45, 2.75) is 6.92 Å². The minimum absolute atomic E-state index is 0.0268. The monoisotopic (exact) mass is 317 g/mol. The molecule has 2 aromatic rings. The van der Waals surface area contributed by atoms with Gasteiger partial charge in [-0.25, -0.2) is 4.98 Å². The number of pyridine rings is 1. The Morgan fingerprint density at radius 3 is 2.84 bits per heavy atom. The van der Waals surface area contributed by atoms with Gasteiger partial charge in [-0.1, -0.05) is 12.1 Å². The van der Waals surface area contributed by atoms with Gasteiger partial charge in [0.25, 0.3) is 0 Å². The van der Waals surface area contributed by atoms with Crippen LogP contribution < -0.4 is 10.2 Å². The molecular formula is C14H12BrN3O. The zero-order valence-corrected chi connectivity index (χ0v) is 11.9. The summed E-state index contributed by atoms with van der Waals surface area (Å²) in [5.41, 5.74) is 2.69. The second-order valence-corrected chi connectivity index (χ2v) is 5.24. The van der Waals surface area contributed by atoms with Crippen molar-refractivity contribution in [3.8, 4) is 0 Å². The van der Waals surface area contributed by atoms with Crippen molar-refractivity contribution in [2.75, 3.05) is 16.8 Å². The van der Waals surface area contributed by atoms with Crippen LogP contribution in [0.15, 0.2) is 40.9 Å². The van der Waals surface area contributed by atoms with Crippen LogP contribution in [0, 0.1) is 6.92 Å². The van der Waals surface area contributed by atoms with E-state index in [1.807, 2.05) is 48.2 Å². The van der Waals surface area contributed by atoms with Gasteiger partial charge in [-0.15, -0.1) is 0 Å². The summed E-state index contributed by atoms with van der Waals surface area (Å²) in [6.07, 6.45) is 0. The number of rotatable bonds is 1. The van der Waals surface area contributed by atoms with Crippen LogP contribution in [0.3, 0.4) is 0 Å². The molecule has 0 aliphatic carbocycles. The molecule has 0 bridgehead atoms. The van der Waals surface area contributed by atoms with Crippen LogP contribution in [-0.4, -0.2) is 17.4 Å². The predicted octanol–water partition coefficient (Wildman–Crippen LogP) is 3.24. The van der Waals surface area contributed by atoms with Gasteiger partial charge in [-0.05, 0) is 47.1 Å². The summed E-state index contributed by atoms with van der Waals surface area (Å²) in [6, 6.07) is 11.6. The van der Waals surface area contributed by atoms with E-state index in [4.69, 9.17) is 0 Å². The van der Waals surface area contributed by atoms with Gasteiger partial charge in [0.15, 0.2) is 0 Å². The highest BCUT2D eigenvalue weighted by molar-refractivity contribution is 9.10. The van der Waals surface area contributed by atoms with E-state index in [1.165, 1.54) is 0 Å². The van der Waals surface area contributed by atoms with Gasteiger partial charge in [0.05, 0.1) is 17.1 Å². The number of aromatic nitrogens is 1. The molecule has 4 nitrogen and oxygen atoms in total. The first-order valence-corrected chi connectivity index (χ1v) is 6.74. The van der Waals surface area contributed by atoms with Gasteiger partial charge in [-0.3, -0.25) is 4.79 Å². The van der Waals surface area contributed by atoms with Crippen molar-refractivity contribution in [3.05, 3.63) is 46.6 Å². The maximum atomic E-state index is 11.8. The lowest BCUT2D eigenvalue weighted by Gasteiger charge is -2.30. The standard InChI is InChI=1S/C14H12BrN3O/c1-9-10(15)6-7-13(16-9)18-8-14(19)17-11-4-2-3-5-12(11)18/h2-7H,8H2,1H3,(H,17,19). The average molecular weight is 318 g/mol. The maximum Gasteiger partial charge on any atom is 0.244 e. The van der Waals surface area contributed by atoms with E-state index in [0.717, 1.165) is 27.4 Å². The summed E-state index contributed by atoms with van der Waals surface area (Å²) in [6.45, 7) is 2.22. The van der Waals surface area contributed by atoms with Crippen molar-refractivity contribution >= 4 is 39.0 Å². The molecule has 0 radical (unpaired) electrons. The van der Waals surface area contributed by atoms with Crippen LogP contribution in [-0.2, 0) is 4.79 Å². The zero-order valence-electron chi connectivity index (χ0n) is 10.4. The number of aryl methyl sites for hydroxylation is 1. The Bertz CT molecular complexity index is 657. The quantitative estimate of drug-likeness (QED) is 0.878. The molecule has 0 atom stereocenters. The van der Waals surface area contributed by atoms with Gasteiger partial charge in [-0.2, -0.15) is 0 Å². The highest BCUT2D eigenvalue weighted by atomic mass is 79.9. The Morgan fingerprint density at radius 2 is 2.05 bits per heavy atom. The summed E-state index contributed by atoms with van der Waals surface area (Å²) in [4.78, 5) is 18.2. The largest absolute Gasteiger partial charge is 0.323 e. The molecule has 0 fully saturated rings. The van der Waals surface area contributed by atoms with Crippen LogP contribution in [0.2, 0.25) is 0 Å². The fourth-order valence-electron chi connectivity index (χ4n) is 2.12. The zero-order chi connectivity index (χ0) is 13.4. The molecule has 1 aliphatic rings. The summed E-state index contributed by atoms with van der Waals surface area (Å²) >= 11 is 3.44. The van der Waals surface area contributed by atoms with Crippen LogP contribution in [0.25, 0.3) is 0 Å². The molecule has 1 aromatic carbocycles. The summed E-state index contributed by atoms with van der Waals surface area (Å²) in [5.74, 6) is 0.754. The molecule has 96 valence electrons. The molecular weight excluding hydrogens is 306 g/mol. The molecule has 0 saturated heterocycles. The van der Waals surface area contributed by atoms with E-state index in [1.54, 1.807) is 0 Å². The van der Waals surface area contributed by atoms with Gasteiger partial charge in [0.2, 0.25) is 5.91 Å². The number of hydrogen-bond donors (Lipinski definition) is 1. The minimum Gasteiger partial charge on any atom is -0.323 e.